The first-order valence-corrected chi connectivity index (χ1v) is 10.6. The Balaban J connectivity index is 0.00000480. The predicted molar refractivity (Wildman–Crippen MR) is 133 cm³/mol. The third-order valence-corrected chi connectivity index (χ3v) is 4.88. The molecule has 0 bridgehead atoms. The fourth-order valence-electron chi connectivity index (χ4n) is 3.13. The molecule has 1 unspecified atom stereocenters. The molecule has 1 amide bonds. The number of hydrogen-bond donors (Lipinski definition) is 3. The number of hydrogen-bond acceptors (Lipinski definition) is 6. The first-order valence-electron chi connectivity index (χ1n) is 10.6. The van der Waals surface area contributed by atoms with E-state index in [-0.39, 0.29) is 36.4 Å². The summed E-state index contributed by atoms with van der Waals surface area (Å²) in [4.78, 5) is 24.9. The Morgan fingerprint density at radius 2 is 2.10 bits per heavy atom. The van der Waals surface area contributed by atoms with Crippen LogP contribution in [0.2, 0.25) is 0 Å². The average molecular weight is 548 g/mol. The van der Waals surface area contributed by atoms with Crippen molar-refractivity contribution in [2.75, 3.05) is 66.1 Å². The van der Waals surface area contributed by atoms with Crippen molar-refractivity contribution < 1.29 is 14.6 Å². The summed E-state index contributed by atoms with van der Waals surface area (Å²) in [6.45, 7) is 8.99. The molecule has 0 radical (unpaired) electrons. The lowest BCUT2D eigenvalue weighted by atomic mass is 10.1. The van der Waals surface area contributed by atoms with Crippen LogP contribution in [0, 0.1) is 0 Å². The SMILES string of the molecule is CCNC(=NCC(=O)N(C)CCc1ccccn1)NCC(C)(O)CN1CCOCC1.I. The number of carbonyl (C=O) groups is 1. The normalized spacial score (nSPS) is 16.7. The van der Waals surface area contributed by atoms with Gasteiger partial charge in [-0.15, -0.1) is 24.0 Å². The topological polar surface area (TPSA) is 102 Å². The summed E-state index contributed by atoms with van der Waals surface area (Å²) in [6, 6.07) is 5.77. The molecular weight excluding hydrogens is 511 g/mol. The van der Waals surface area contributed by atoms with Gasteiger partial charge in [0.2, 0.25) is 5.91 Å². The zero-order valence-corrected chi connectivity index (χ0v) is 21.2. The van der Waals surface area contributed by atoms with Gasteiger partial charge in [0.25, 0.3) is 0 Å². The number of carbonyl (C=O) groups excluding carboxylic acids is 1. The Labute approximate surface area is 202 Å². The quantitative estimate of drug-likeness (QED) is 0.220. The van der Waals surface area contributed by atoms with Crippen molar-refractivity contribution in [2.45, 2.75) is 25.9 Å². The van der Waals surface area contributed by atoms with E-state index in [0.29, 0.717) is 51.8 Å². The Morgan fingerprint density at radius 3 is 2.74 bits per heavy atom. The number of morpholine rings is 1. The number of ether oxygens (including phenoxy) is 1. The zero-order chi connectivity index (χ0) is 21.8. The highest BCUT2D eigenvalue weighted by Crippen LogP contribution is 2.07. The van der Waals surface area contributed by atoms with Crippen LogP contribution in [0.1, 0.15) is 19.5 Å². The summed E-state index contributed by atoms with van der Waals surface area (Å²) in [6.07, 6.45) is 2.46. The van der Waals surface area contributed by atoms with Gasteiger partial charge >= 0.3 is 0 Å². The van der Waals surface area contributed by atoms with Gasteiger partial charge in [-0.25, -0.2) is 4.99 Å². The number of β-amino-alcohol motifs (C(OH)–C–C–N with tert-alkyl or cyclic N) is 1. The highest BCUT2D eigenvalue weighted by atomic mass is 127. The maximum atomic E-state index is 12.4. The van der Waals surface area contributed by atoms with Crippen molar-refractivity contribution in [1.82, 2.24) is 25.4 Å². The van der Waals surface area contributed by atoms with Crippen LogP contribution in [-0.4, -0.2) is 103 Å². The highest BCUT2D eigenvalue weighted by molar-refractivity contribution is 14.0. The van der Waals surface area contributed by atoms with E-state index in [1.54, 1.807) is 25.1 Å². The van der Waals surface area contributed by atoms with Gasteiger partial charge in [-0.1, -0.05) is 6.07 Å². The third-order valence-electron chi connectivity index (χ3n) is 4.88. The van der Waals surface area contributed by atoms with E-state index >= 15 is 0 Å². The van der Waals surface area contributed by atoms with Gasteiger partial charge in [0, 0.05) is 64.6 Å². The summed E-state index contributed by atoms with van der Waals surface area (Å²) in [7, 11) is 1.77. The number of amides is 1. The second-order valence-electron chi connectivity index (χ2n) is 7.82. The highest BCUT2D eigenvalue weighted by Gasteiger charge is 2.25. The summed E-state index contributed by atoms with van der Waals surface area (Å²) in [5.74, 6) is 0.453. The van der Waals surface area contributed by atoms with Crippen molar-refractivity contribution in [2.24, 2.45) is 4.99 Å². The van der Waals surface area contributed by atoms with Crippen LogP contribution in [0.4, 0.5) is 0 Å². The van der Waals surface area contributed by atoms with Crippen LogP contribution < -0.4 is 10.6 Å². The number of pyridine rings is 1. The second kappa shape index (κ2) is 14.5. The Morgan fingerprint density at radius 1 is 1.35 bits per heavy atom. The first-order chi connectivity index (χ1) is 14.4. The van der Waals surface area contributed by atoms with Crippen molar-refractivity contribution in [3.8, 4) is 0 Å². The summed E-state index contributed by atoms with van der Waals surface area (Å²) in [5, 5.41) is 17.0. The van der Waals surface area contributed by atoms with Crippen molar-refractivity contribution in [1.29, 1.82) is 0 Å². The fraction of sp³-hybridized carbons (Fsp3) is 0.667. The molecule has 9 nitrogen and oxygen atoms in total. The van der Waals surface area contributed by atoms with Crippen molar-refractivity contribution in [3.05, 3.63) is 30.1 Å². The molecule has 2 rings (SSSR count). The van der Waals surface area contributed by atoms with Gasteiger partial charge in [0.1, 0.15) is 6.54 Å². The van der Waals surface area contributed by atoms with Gasteiger partial charge in [-0.05, 0) is 26.0 Å². The minimum Gasteiger partial charge on any atom is -0.387 e. The third kappa shape index (κ3) is 11.1. The standard InChI is InChI=1S/C21H36N6O3.HI/c1-4-22-20(25-16-21(2,29)17-27-11-13-30-14-12-27)24-15-19(28)26(3)10-8-18-7-5-6-9-23-18;/h5-7,9,29H,4,8,10-17H2,1-3H3,(H2,22,24,25);1H. The Kier molecular flexibility index (Phi) is 12.9. The van der Waals surface area contributed by atoms with Crippen LogP contribution in [-0.2, 0) is 16.0 Å². The van der Waals surface area contributed by atoms with Gasteiger partial charge in [0.15, 0.2) is 5.96 Å². The van der Waals surface area contributed by atoms with E-state index in [2.05, 4.69) is 25.5 Å². The summed E-state index contributed by atoms with van der Waals surface area (Å²) >= 11 is 0. The summed E-state index contributed by atoms with van der Waals surface area (Å²) in [5.41, 5.74) is 0.0370. The average Bonchev–Trinajstić information content (AvgIpc) is 2.75. The lowest BCUT2D eigenvalue weighted by molar-refractivity contribution is -0.128. The van der Waals surface area contributed by atoms with E-state index in [9.17, 15) is 9.90 Å². The molecular formula is C21H37IN6O3. The number of guanidine groups is 1. The Hall–Kier alpha value is -1.50. The molecule has 31 heavy (non-hydrogen) atoms. The molecule has 10 heteroatoms. The molecule has 0 aromatic carbocycles. The number of nitrogens with one attached hydrogen (secondary N) is 2. The van der Waals surface area contributed by atoms with Crippen LogP contribution in [0.15, 0.2) is 29.4 Å². The predicted octanol–water partition coefficient (Wildman–Crippen LogP) is 0.339. The maximum Gasteiger partial charge on any atom is 0.244 e. The molecule has 1 aromatic rings. The molecule has 0 aliphatic carbocycles. The number of rotatable bonds is 10. The van der Waals surface area contributed by atoms with E-state index < -0.39 is 5.60 Å². The van der Waals surface area contributed by atoms with Crippen LogP contribution in [0.25, 0.3) is 0 Å². The largest absolute Gasteiger partial charge is 0.387 e. The molecule has 0 saturated carbocycles. The van der Waals surface area contributed by atoms with E-state index in [4.69, 9.17) is 4.74 Å². The summed E-state index contributed by atoms with van der Waals surface area (Å²) < 4.78 is 5.35. The smallest absolute Gasteiger partial charge is 0.244 e. The second-order valence-corrected chi connectivity index (χ2v) is 7.82. The molecule has 0 spiro atoms. The van der Waals surface area contributed by atoms with Crippen LogP contribution in [0.5, 0.6) is 0 Å². The lowest BCUT2D eigenvalue weighted by Crippen LogP contribution is -2.53. The Bertz CT molecular complexity index is 668. The molecule has 1 aliphatic rings. The van der Waals surface area contributed by atoms with Crippen LogP contribution in [0.3, 0.4) is 0 Å². The minimum absolute atomic E-state index is 0. The van der Waals surface area contributed by atoms with Gasteiger partial charge in [-0.3, -0.25) is 14.7 Å². The number of aliphatic imine (C=N–C) groups is 1. The fourth-order valence-corrected chi connectivity index (χ4v) is 3.13. The maximum absolute atomic E-state index is 12.4. The molecule has 3 N–H and O–H groups in total. The van der Waals surface area contributed by atoms with Gasteiger partial charge in [-0.2, -0.15) is 0 Å². The van der Waals surface area contributed by atoms with E-state index in [1.165, 1.54) is 0 Å². The molecule has 1 aromatic heterocycles. The molecule has 1 saturated heterocycles. The van der Waals surface area contributed by atoms with Crippen LogP contribution >= 0.6 is 24.0 Å². The molecule has 176 valence electrons. The van der Waals surface area contributed by atoms with Gasteiger partial charge < -0.3 is 25.4 Å². The minimum atomic E-state index is -0.920. The monoisotopic (exact) mass is 548 g/mol. The van der Waals surface area contributed by atoms with Crippen molar-refractivity contribution >= 4 is 35.8 Å². The van der Waals surface area contributed by atoms with Gasteiger partial charge in [0.05, 0.1) is 18.8 Å². The molecule has 1 aliphatic heterocycles. The van der Waals surface area contributed by atoms with E-state index in [1.807, 2.05) is 25.1 Å². The zero-order valence-electron chi connectivity index (χ0n) is 18.8. The lowest BCUT2D eigenvalue weighted by Gasteiger charge is -2.34. The molecule has 2 heterocycles. The first kappa shape index (κ1) is 27.5. The molecule has 1 fully saturated rings. The number of likely N-dealkylation sites (N-methyl/N-ethyl adjacent to an activating group) is 1. The number of aliphatic hydroxyl groups is 1. The van der Waals surface area contributed by atoms with Crippen molar-refractivity contribution in [3.63, 3.8) is 0 Å². The molecule has 1 atom stereocenters. The van der Waals surface area contributed by atoms with E-state index in [0.717, 1.165) is 18.8 Å². The number of nitrogens with zero attached hydrogens (tertiary/aromatic N) is 4. The number of halogens is 1. The number of aromatic nitrogens is 1.